The lowest BCUT2D eigenvalue weighted by atomic mass is 9.90. The molecule has 96 valence electrons. The molecule has 0 saturated carbocycles. The van der Waals surface area contributed by atoms with E-state index < -0.39 is 6.29 Å². The highest BCUT2D eigenvalue weighted by Crippen LogP contribution is 2.31. The minimum absolute atomic E-state index is 0.182. The second kappa shape index (κ2) is 6.55. The lowest BCUT2D eigenvalue weighted by Gasteiger charge is -2.41. The first-order valence-corrected chi connectivity index (χ1v) is 6.09. The first-order chi connectivity index (χ1) is 7.62. The molecule has 0 aromatic rings. The Labute approximate surface area is 97.9 Å². The van der Waals surface area contributed by atoms with Gasteiger partial charge < -0.3 is 19.3 Å². The third-order valence-electron chi connectivity index (χ3n) is 3.27. The van der Waals surface area contributed by atoms with Crippen LogP contribution >= 0.6 is 0 Å². The van der Waals surface area contributed by atoms with E-state index in [-0.39, 0.29) is 11.7 Å². The molecule has 0 aromatic heterocycles. The molecule has 1 heterocycles. The van der Waals surface area contributed by atoms with Crippen LogP contribution in [0.2, 0.25) is 0 Å². The van der Waals surface area contributed by atoms with Gasteiger partial charge in [0.2, 0.25) is 0 Å². The predicted octanol–water partition coefficient (Wildman–Crippen LogP) is 1.71. The number of methoxy groups -OCH3 is 1. The molecular weight excluding hydrogens is 208 g/mol. The van der Waals surface area contributed by atoms with Crippen LogP contribution in [0.25, 0.3) is 0 Å². The van der Waals surface area contributed by atoms with Gasteiger partial charge in [-0.25, -0.2) is 0 Å². The van der Waals surface area contributed by atoms with Crippen LogP contribution in [0, 0.1) is 0 Å². The average molecular weight is 232 g/mol. The number of rotatable bonds is 6. The summed E-state index contributed by atoms with van der Waals surface area (Å²) in [6.07, 6.45) is 2.73. The van der Waals surface area contributed by atoms with Crippen molar-refractivity contribution in [1.29, 1.82) is 0 Å². The lowest BCUT2D eigenvalue weighted by molar-refractivity contribution is -0.249. The van der Waals surface area contributed by atoms with E-state index in [1.54, 1.807) is 7.11 Å². The van der Waals surface area contributed by atoms with Crippen molar-refractivity contribution in [3.8, 4) is 0 Å². The highest BCUT2D eigenvalue weighted by Gasteiger charge is 2.40. The Bertz CT molecular complexity index is 197. The van der Waals surface area contributed by atoms with E-state index in [2.05, 4.69) is 6.92 Å². The summed E-state index contributed by atoms with van der Waals surface area (Å²) in [5.74, 6) is 0. The van der Waals surface area contributed by atoms with Gasteiger partial charge in [-0.1, -0.05) is 13.3 Å². The van der Waals surface area contributed by atoms with Crippen molar-refractivity contribution >= 4 is 0 Å². The molecule has 1 fully saturated rings. The molecule has 1 N–H and O–H groups in total. The van der Waals surface area contributed by atoms with E-state index >= 15 is 0 Å². The topological polar surface area (TPSA) is 47.9 Å². The molecule has 0 amide bonds. The summed E-state index contributed by atoms with van der Waals surface area (Å²) in [6, 6.07) is 0. The van der Waals surface area contributed by atoms with Crippen molar-refractivity contribution in [3.05, 3.63) is 0 Å². The van der Waals surface area contributed by atoms with Crippen molar-refractivity contribution in [2.24, 2.45) is 0 Å². The van der Waals surface area contributed by atoms with E-state index in [1.165, 1.54) is 0 Å². The monoisotopic (exact) mass is 232 g/mol. The van der Waals surface area contributed by atoms with Crippen LogP contribution in [0.5, 0.6) is 0 Å². The van der Waals surface area contributed by atoms with E-state index in [1.807, 2.05) is 6.92 Å². The van der Waals surface area contributed by atoms with Gasteiger partial charge in [0.1, 0.15) is 6.10 Å². The molecular formula is C12H24O4. The maximum Gasteiger partial charge on any atom is 0.155 e. The molecule has 0 aliphatic carbocycles. The van der Waals surface area contributed by atoms with Crippen LogP contribution in [-0.4, -0.2) is 43.4 Å². The number of unbranched alkanes of at least 4 members (excludes halogenated alkanes) is 1. The molecule has 3 atom stereocenters. The maximum absolute atomic E-state index is 9.48. The SMILES string of the molecule is CCCCOCC1OC(O)CC[C@@]1(C)OC. The van der Waals surface area contributed by atoms with Crippen molar-refractivity contribution in [3.63, 3.8) is 0 Å². The van der Waals surface area contributed by atoms with Crippen molar-refractivity contribution in [2.75, 3.05) is 20.3 Å². The third kappa shape index (κ3) is 3.70. The molecule has 0 aromatic carbocycles. The average Bonchev–Trinajstić information content (AvgIpc) is 2.29. The molecule has 1 rings (SSSR count). The van der Waals surface area contributed by atoms with Gasteiger partial charge in [-0.3, -0.25) is 0 Å². The Kier molecular flexibility index (Phi) is 5.69. The second-order valence-corrected chi connectivity index (χ2v) is 4.56. The maximum atomic E-state index is 9.48. The summed E-state index contributed by atoms with van der Waals surface area (Å²) in [6.45, 7) is 5.36. The number of hydrogen-bond acceptors (Lipinski definition) is 4. The summed E-state index contributed by atoms with van der Waals surface area (Å²) < 4.78 is 16.5. The summed E-state index contributed by atoms with van der Waals surface area (Å²) in [4.78, 5) is 0. The smallest absolute Gasteiger partial charge is 0.155 e. The Hall–Kier alpha value is -0.160. The van der Waals surface area contributed by atoms with E-state index in [4.69, 9.17) is 14.2 Å². The molecule has 4 nitrogen and oxygen atoms in total. The van der Waals surface area contributed by atoms with Gasteiger partial charge >= 0.3 is 0 Å². The Balaban J connectivity index is 2.39. The van der Waals surface area contributed by atoms with Crippen LogP contribution < -0.4 is 0 Å². The molecule has 0 bridgehead atoms. The summed E-state index contributed by atoms with van der Waals surface area (Å²) >= 11 is 0. The van der Waals surface area contributed by atoms with Gasteiger partial charge in [-0.05, 0) is 19.8 Å². The van der Waals surface area contributed by atoms with E-state index in [9.17, 15) is 5.11 Å². The molecule has 16 heavy (non-hydrogen) atoms. The fourth-order valence-corrected chi connectivity index (χ4v) is 1.86. The first kappa shape index (κ1) is 13.9. The summed E-state index contributed by atoms with van der Waals surface area (Å²) in [7, 11) is 1.68. The largest absolute Gasteiger partial charge is 0.379 e. The molecule has 4 heteroatoms. The highest BCUT2D eigenvalue weighted by molar-refractivity contribution is 4.88. The summed E-state index contributed by atoms with van der Waals surface area (Å²) in [5.41, 5.74) is -0.342. The van der Waals surface area contributed by atoms with Gasteiger partial charge in [0, 0.05) is 20.1 Å². The normalized spacial score (nSPS) is 35.2. The van der Waals surface area contributed by atoms with Crippen LogP contribution in [0.4, 0.5) is 0 Å². The van der Waals surface area contributed by atoms with Crippen LogP contribution in [0.15, 0.2) is 0 Å². The summed E-state index contributed by atoms with van der Waals surface area (Å²) in [5, 5.41) is 9.48. The van der Waals surface area contributed by atoms with Gasteiger partial charge in [-0.2, -0.15) is 0 Å². The third-order valence-corrected chi connectivity index (χ3v) is 3.27. The standard InChI is InChI=1S/C12H24O4/c1-4-5-8-15-9-10-12(2,14-3)7-6-11(13)16-10/h10-11,13H,4-9H2,1-3H3/t10?,11?,12-/m1/s1. The van der Waals surface area contributed by atoms with Crippen LogP contribution in [0.3, 0.4) is 0 Å². The zero-order chi connectivity index (χ0) is 12.0. The Morgan fingerprint density at radius 1 is 1.50 bits per heavy atom. The lowest BCUT2D eigenvalue weighted by Crippen LogP contribution is -2.51. The van der Waals surface area contributed by atoms with Gasteiger partial charge in [0.05, 0.1) is 12.2 Å². The highest BCUT2D eigenvalue weighted by atomic mass is 16.6. The Morgan fingerprint density at radius 3 is 2.88 bits per heavy atom. The van der Waals surface area contributed by atoms with E-state index in [0.717, 1.165) is 25.9 Å². The molecule has 0 spiro atoms. The first-order valence-electron chi connectivity index (χ1n) is 6.09. The molecule has 0 radical (unpaired) electrons. The number of aliphatic hydroxyl groups is 1. The minimum atomic E-state index is -0.678. The fraction of sp³-hybridized carbons (Fsp3) is 1.00. The molecule has 1 aliphatic heterocycles. The van der Waals surface area contributed by atoms with Crippen LogP contribution in [0.1, 0.15) is 39.5 Å². The second-order valence-electron chi connectivity index (χ2n) is 4.56. The number of ether oxygens (including phenoxy) is 3. The van der Waals surface area contributed by atoms with Crippen LogP contribution in [-0.2, 0) is 14.2 Å². The molecule has 2 unspecified atom stereocenters. The van der Waals surface area contributed by atoms with E-state index in [0.29, 0.717) is 13.0 Å². The fourth-order valence-electron chi connectivity index (χ4n) is 1.86. The van der Waals surface area contributed by atoms with Crippen molar-refractivity contribution < 1.29 is 19.3 Å². The predicted molar refractivity (Wildman–Crippen MR) is 61.3 cm³/mol. The van der Waals surface area contributed by atoms with Gasteiger partial charge in [0.15, 0.2) is 6.29 Å². The minimum Gasteiger partial charge on any atom is -0.379 e. The van der Waals surface area contributed by atoms with Gasteiger partial charge in [-0.15, -0.1) is 0 Å². The Morgan fingerprint density at radius 2 is 2.25 bits per heavy atom. The van der Waals surface area contributed by atoms with Gasteiger partial charge in [0.25, 0.3) is 0 Å². The molecule has 1 aliphatic rings. The quantitative estimate of drug-likeness (QED) is 0.708. The van der Waals surface area contributed by atoms with Crippen molar-refractivity contribution in [2.45, 2.75) is 57.5 Å². The number of aliphatic hydroxyl groups excluding tert-OH is 1. The number of hydrogen-bond donors (Lipinski definition) is 1. The van der Waals surface area contributed by atoms with Crippen molar-refractivity contribution in [1.82, 2.24) is 0 Å². The molecule has 1 saturated heterocycles. The zero-order valence-corrected chi connectivity index (χ0v) is 10.6. The zero-order valence-electron chi connectivity index (χ0n) is 10.6.